The summed E-state index contributed by atoms with van der Waals surface area (Å²) in [7, 11) is 1.60. The maximum atomic E-state index is 12.5. The van der Waals surface area contributed by atoms with Gasteiger partial charge in [-0.1, -0.05) is 18.2 Å². The molecular weight excluding hydrogens is 304 g/mol. The van der Waals surface area contributed by atoms with Crippen molar-refractivity contribution in [1.29, 1.82) is 0 Å². The quantitative estimate of drug-likeness (QED) is 0.757. The third-order valence-electron chi connectivity index (χ3n) is 4.18. The molecule has 1 aliphatic rings. The van der Waals surface area contributed by atoms with Gasteiger partial charge in [-0.2, -0.15) is 0 Å². The molecule has 1 aromatic carbocycles. The van der Waals surface area contributed by atoms with Crippen molar-refractivity contribution in [2.45, 2.75) is 25.4 Å². The van der Waals surface area contributed by atoms with Crippen LogP contribution in [0.25, 0.3) is 0 Å². The van der Waals surface area contributed by atoms with Gasteiger partial charge in [-0.05, 0) is 19.9 Å². The summed E-state index contributed by atoms with van der Waals surface area (Å²) in [6.45, 7) is 5.56. The van der Waals surface area contributed by atoms with Crippen molar-refractivity contribution < 1.29 is 14.6 Å². The number of methoxy groups -OCH3 is 1. The van der Waals surface area contributed by atoms with Gasteiger partial charge in [0, 0.05) is 31.1 Å². The second kappa shape index (κ2) is 7.81. The first kappa shape index (κ1) is 18.7. The molecule has 124 valence electrons. The van der Waals surface area contributed by atoms with E-state index in [4.69, 9.17) is 4.74 Å². The number of carbonyl (C=O) groups is 1. The number of aliphatic hydroxyl groups excluding tert-OH is 1. The molecule has 1 aromatic rings. The molecule has 2 unspecified atom stereocenters. The van der Waals surface area contributed by atoms with Crippen molar-refractivity contribution in [3.63, 3.8) is 0 Å². The van der Waals surface area contributed by atoms with E-state index in [1.807, 2.05) is 38.1 Å². The number of ether oxygens (including phenoxy) is 1. The number of β-amino-alcohol motifs (C(OH)–C–C–N with tert-alkyl or cyclic N) is 1. The molecule has 22 heavy (non-hydrogen) atoms. The van der Waals surface area contributed by atoms with E-state index in [1.165, 1.54) is 0 Å². The lowest BCUT2D eigenvalue weighted by Gasteiger charge is -2.27. The van der Waals surface area contributed by atoms with Gasteiger partial charge in [-0.3, -0.25) is 4.79 Å². The van der Waals surface area contributed by atoms with Gasteiger partial charge >= 0.3 is 0 Å². The predicted molar refractivity (Wildman–Crippen MR) is 88.6 cm³/mol. The van der Waals surface area contributed by atoms with Crippen molar-refractivity contribution in [3.05, 3.63) is 29.8 Å². The summed E-state index contributed by atoms with van der Waals surface area (Å²) in [5, 5.41) is 15.8. The van der Waals surface area contributed by atoms with E-state index >= 15 is 0 Å². The van der Waals surface area contributed by atoms with Gasteiger partial charge in [0.15, 0.2) is 0 Å². The van der Waals surface area contributed by atoms with E-state index in [-0.39, 0.29) is 30.3 Å². The van der Waals surface area contributed by atoms with E-state index in [0.29, 0.717) is 18.8 Å². The molecule has 0 bridgehead atoms. The second-order valence-electron chi connectivity index (χ2n) is 6.02. The number of halogens is 1. The largest absolute Gasteiger partial charge is 0.496 e. The predicted octanol–water partition coefficient (Wildman–Crippen LogP) is 1.09. The Hall–Kier alpha value is -1.30. The molecule has 1 fully saturated rings. The molecule has 6 heteroatoms. The SMILES string of the molecule is COc1ccccc1C(C)(C)C(=O)NCC1CNCC1O.Cl. The summed E-state index contributed by atoms with van der Waals surface area (Å²) in [6.07, 6.45) is -0.389. The Bertz CT molecular complexity index is 508. The highest BCUT2D eigenvalue weighted by atomic mass is 35.5. The molecular formula is C16H25ClN2O3. The average Bonchev–Trinajstić information content (AvgIpc) is 2.89. The number of aliphatic hydroxyl groups is 1. The Labute approximate surface area is 137 Å². The van der Waals surface area contributed by atoms with Crippen LogP contribution in [-0.4, -0.2) is 43.9 Å². The van der Waals surface area contributed by atoms with Crippen LogP contribution < -0.4 is 15.4 Å². The van der Waals surface area contributed by atoms with Crippen LogP contribution in [0.3, 0.4) is 0 Å². The third kappa shape index (κ3) is 3.91. The fourth-order valence-electron chi connectivity index (χ4n) is 2.66. The van der Waals surface area contributed by atoms with Crippen molar-refractivity contribution >= 4 is 18.3 Å². The van der Waals surface area contributed by atoms with Gasteiger partial charge < -0.3 is 20.5 Å². The number of hydrogen-bond acceptors (Lipinski definition) is 4. The monoisotopic (exact) mass is 328 g/mol. The summed E-state index contributed by atoms with van der Waals surface area (Å²) in [5.41, 5.74) is 0.166. The summed E-state index contributed by atoms with van der Waals surface area (Å²) < 4.78 is 5.35. The van der Waals surface area contributed by atoms with E-state index in [2.05, 4.69) is 10.6 Å². The Morgan fingerprint density at radius 2 is 2.09 bits per heavy atom. The van der Waals surface area contributed by atoms with Crippen molar-refractivity contribution in [3.8, 4) is 5.75 Å². The van der Waals surface area contributed by atoms with Crippen molar-refractivity contribution in [2.24, 2.45) is 5.92 Å². The van der Waals surface area contributed by atoms with Crippen LogP contribution in [0.1, 0.15) is 19.4 Å². The first-order chi connectivity index (χ1) is 9.96. The lowest BCUT2D eigenvalue weighted by molar-refractivity contribution is -0.126. The number of benzene rings is 1. The number of hydrogen-bond donors (Lipinski definition) is 3. The average molecular weight is 329 g/mol. The lowest BCUT2D eigenvalue weighted by Crippen LogP contribution is -2.43. The normalized spacial score (nSPS) is 21.1. The number of carbonyl (C=O) groups excluding carboxylic acids is 1. The van der Waals surface area contributed by atoms with E-state index in [9.17, 15) is 9.90 Å². The number of para-hydroxylation sites is 1. The fraction of sp³-hybridized carbons (Fsp3) is 0.562. The first-order valence-electron chi connectivity index (χ1n) is 7.27. The molecule has 0 spiro atoms. The van der Waals surface area contributed by atoms with Crippen molar-refractivity contribution in [1.82, 2.24) is 10.6 Å². The standard InChI is InChI=1S/C16H24N2O3.ClH/c1-16(2,12-6-4-5-7-14(12)21-3)15(20)18-9-11-8-17-10-13(11)19;/h4-7,11,13,17,19H,8-10H2,1-3H3,(H,18,20);1H. The minimum atomic E-state index is -0.691. The molecule has 1 heterocycles. The van der Waals surface area contributed by atoms with E-state index in [0.717, 1.165) is 12.1 Å². The minimum absolute atomic E-state index is 0. The highest BCUT2D eigenvalue weighted by molar-refractivity contribution is 5.88. The van der Waals surface area contributed by atoms with Crippen LogP contribution in [-0.2, 0) is 10.2 Å². The second-order valence-corrected chi connectivity index (χ2v) is 6.02. The minimum Gasteiger partial charge on any atom is -0.496 e. The molecule has 2 rings (SSSR count). The van der Waals surface area contributed by atoms with Gasteiger partial charge in [-0.15, -0.1) is 12.4 Å². The van der Waals surface area contributed by atoms with Crippen LogP contribution in [0.15, 0.2) is 24.3 Å². The Morgan fingerprint density at radius 3 is 2.68 bits per heavy atom. The Balaban J connectivity index is 0.00000242. The molecule has 1 aliphatic heterocycles. The summed E-state index contributed by atoms with van der Waals surface area (Å²) in [6, 6.07) is 7.55. The molecule has 2 atom stereocenters. The zero-order valence-electron chi connectivity index (χ0n) is 13.3. The van der Waals surface area contributed by atoms with Gasteiger partial charge in [-0.25, -0.2) is 0 Å². The van der Waals surface area contributed by atoms with Crippen LogP contribution in [0.4, 0.5) is 0 Å². The maximum absolute atomic E-state index is 12.5. The van der Waals surface area contributed by atoms with Gasteiger partial charge in [0.25, 0.3) is 0 Å². The van der Waals surface area contributed by atoms with Crippen LogP contribution in [0.5, 0.6) is 5.75 Å². The highest BCUT2D eigenvalue weighted by Crippen LogP contribution is 2.31. The summed E-state index contributed by atoms with van der Waals surface area (Å²) >= 11 is 0. The summed E-state index contributed by atoms with van der Waals surface area (Å²) in [4.78, 5) is 12.5. The van der Waals surface area contributed by atoms with Crippen LogP contribution >= 0.6 is 12.4 Å². The van der Waals surface area contributed by atoms with Crippen LogP contribution in [0, 0.1) is 5.92 Å². The van der Waals surface area contributed by atoms with E-state index < -0.39 is 5.41 Å². The maximum Gasteiger partial charge on any atom is 0.230 e. The smallest absolute Gasteiger partial charge is 0.230 e. The molecule has 0 saturated carbocycles. The molecule has 1 amide bonds. The van der Waals surface area contributed by atoms with Gasteiger partial charge in [0.05, 0.1) is 18.6 Å². The Morgan fingerprint density at radius 1 is 1.41 bits per heavy atom. The van der Waals surface area contributed by atoms with Crippen molar-refractivity contribution in [2.75, 3.05) is 26.7 Å². The fourth-order valence-corrected chi connectivity index (χ4v) is 2.66. The molecule has 5 nitrogen and oxygen atoms in total. The van der Waals surface area contributed by atoms with E-state index in [1.54, 1.807) is 7.11 Å². The number of rotatable bonds is 5. The number of nitrogens with one attached hydrogen (secondary N) is 2. The first-order valence-corrected chi connectivity index (χ1v) is 7.27. The highest BCUT2D eigenvalue weighted by Gasteiger charge is 2.33. The zero-order valence-corrected chi connectivity index (χ0v) is 14.1. The molecule has 1 saturated heterocycles. The molecule has 0 aliphatic carbocycles. The molecule has 0 radical (unpaired) electrons. The molecule has 0 aromatic heterocycles. The Kier molecular flexibility index (Phi) is 6.66. The third-order valence-corrected chi connectivity index (χ3v) is 4.18. The van der Waals surface area contributed by atoms with Gasteiger partial charge in [0.2, 0.25) is 5.91 Å². The molecule has 3 N–H and O–H groups in total. The van der Waals surface area contributed by atoms with Crippen LogP contribution in [0.2, 0.25) is 0 Å². The summed E-state index contributed by atoms with van der Waals surface area (Å²) in [5.74, 6) is 0.716. The lowest BCUT2D eigenvalue weighted by atomic mass is 9.83. The van der Waals surface area contributed by atoms with Gasteiger partial charge in [0.1, 0.15) is 5.75 Å². The topological polar surface area (TPSA) is 70.6 Å². The number of amides is 1. The zero-order chi connectivity index (χ0) is 15.5.